The average molecular weight is 375 g/mol. The summed E-state index contributed by atoms with van der Waals surface area (Å²) in [5.41, 5.74) is 0. The minimum atomic E-state index is -0.761. The number of carboxylic acid groups (broad SMARTS) is 1. The van der Waals surface area contributed by atoms with Gasteiger partial charge in [0.25, 0.3) is 0 Å². The van der Waals surface area contributed by atoms with Gasteiger partial charge in [-0.25, -0.2) is 4.39 Å². The molecule has 1 N–H and O–H groups in total. The van der Waals surface area contributed by atoms with Gasteiger partial charge in [0.05, 0.1) is 19.0 Å². The molecular weight excluding hydrogens is 351 g/mol. The zero-order chi connectivity index (χ0) is 17.5. The number of likely N-dealkylation sites (N-methyl/N-ethyl adjacent to an activating group) is 1. The molecule has 1 aliphatic rings. The van der Waals surface area contributed by atoms with Crippen molar-refractivity contribution in [1.29, 1.82) is 0 Å². The highest BCUT2D eigenvalue weighted by molar-refractivity contribution is 5.85. The van der Waals surface area contributed by atoms with Crippen LogP contribution >= 0.6 is 12.4 Å². The molecule has 0 radical (unpaired) electrons. The monoisotopic (exact) mass is 374 g/mol. The standard InChI is InChI=1S/C17H23FN2O4.ClH/c1-19(10-11-24-15-5-3-2-4-14(15)18)16(21)12-20-8-6-13(7-9-20)17(22)23;/h2-5,13H,6-12H2,1H3,(H,22,23);1H. The van der Waals surface area contributed by atoms with Gasteiger partial charge < -0.3 is 14.7 Å². The van der Waals surface area contributed by atoms with Gasteiger partial charge in [-0.2, -0.15) is 0 Å². The number of carboxylic acids is 1. The van der Waals surface area contributed by atoms with Crippen LogP contribution in [-0.4, -0.2) is 66.6 Å². The first-order chi connectivity index (χ1) is 11.5. The molecule has 0 bridgehead atoms. The Morgan fingerprint density at radius 3 is 2.56 bits per heavy atom. The van der Waals surface area contributed by atoms with Crippen LogP contribution in [0.3, 0.4) is 0 Å². The number of aliphatic carboxylic acids is 1. The van der Waals surface area contributed by atoms with Gasteiger partial charge in [-0.1, -0.05) is 12.1 Å². The predicted octanol–water partition coefficient (Wildman–Crippen LogP) is 1.88. The number of piperidine rings is 1. The third-order valence-corrected chi connectivity index (χ3v) is 4.24. The fourth-order valence-electron chi connectivity index (χ4n) is 2.63. The van der Waals surface area contributed by atoms with Crippen LogP contribution < -0.4 is 4.74 Å². The predicted molar refractivity (Wildman–Crippen MR) is 93.6 cm³/mol. The first kappa shape index (κ1) is 21.2. The number of halogens is 2. The third kappa shape index (κ3) is 6.51. The lowest BCUT2D eigenvalue weighted by atomic mass is 9.97. The summed E-state index contributed by atoms with van der Waals surface area (Å²) < 4.78 is 18.8. The van der Waals surface area contributed by atoms with Crippen LogP contribution in [0.2, 0.25) is 0 Å². The number of ether oxygens (including phenoxy) is 1. The lowest BCUT2D eigenvalue weighted by Gasteiger charge is -2.30. The van der Waals surface area contributed by atoms with Crippen LogP contribution in [0.5, 0.6) is 5.75 Å². The van der Waals surface area contributed by atoms with Gasteiger partial charge in [0, 0.05) is 7.05 Å². The highest BCUT2D eigenvalue weighted by atomic mass is 35.5. The number of rotatable bonds is 7. The number of hydrogen-bond acceptors (Lipinski definition) is 4. The molecule has 1 aromatic carbocycles. The quantitative estimate of drug-likeness (QED) is 0.789. The van der Waals surface area contributed by atoms with Crippen molar-refractivity contribution < 1.29 is 23.8 Å². The second kappa shape index (κ2) is 10.2. The van der Waals surface area contributed by atoms with Crippen molar-refractivity contribution in [3.05, 3.63) is 30.1 Å². The number of carbonyl (C=O) groups is 2. The summed E-state index contributed by atoms with van der Waals surface area (Å²) in [5.74, 6) is -1.37. The van der Waals surface area contributed by atoms with E-state index in [1.54, 1.807) is 30.1 Å². The first-order valence-corrected chi connectivity index (χ1v) is 8.04. The first-order valence-electron chi connectivity index (χ1n) is 8.04. The number of likely N-dealkylation sites (tertiary alicyclic amines) is 1. The number of hydrogen-bond donors (Lipinski definition) is 1. The lowest BCUT2D eigenvalue weighted by molar-refractivity contribution is -0.143. The second-order valence-corrected chi connectivity index (χ2v) is 5.98. The van der Waals surface area contributed by atoms with E-state index in [4.69, 9.17) is 9.84 Å². The summed E-state index contributed by atoms with van der Waals surface area (Å²) in [4.78, 5) is 26.6. The molecule has 2 rings (SSSR count). The molecule has 1 amide bonds. The van der Waals surface area contributed by atoms with E-state index in [1.807, 2.05) is 4.90 Å². The average Bonchev–Trinajstić information content (AvgIpc) is 2.57. The summed E-state index contributed by atoms with van der Waals surface area (Å²) in [7, 11) is 1.68. The van der Waals surface area contributed by atoms with E-state index >= 15 is 0 Å². The van der Waals surface area contributed by atoms with E-state index < -0.39 is 11.8 Å². The van der Waals surface area contributed by atoms with Gasteiger partial charge >= 0.3 is 5.97 Å². The van der Waals surface area contributed by atoms with Crippen molar-refractivity contribution in [2.75, 3.05) is 39.8 Å². The van der Waals surface area contributed by atoms with Crippen LogP contribution in [0.25, 0.3) is 0 Å². The maximum atomic E-state index is 13.4. The fraction of sp³-hybridized carbons (Fsp3) is 0.529. The minimum Gasteiger partial charge on any atom is -0.489 e. The van der Waals surface area contributed by atoms with Crippen molar-refractivity contribution >= 4 is 24.3 Å². The van der Waals surface area contributed by atoms with Crippen LogP contribution in [0, 0.1) is 11.7 Å². The smallest absolute Gasteiger partial charge is 0.306 e. The van der Waals surface area contributed by atoms with Crippen molar-refractivity contribution in [2.45, 2.75) is 12.8 Å². The highest BCUT2D eigenvalue weighted by Gasteiger charge is 2.25. The molecule has 0 aliphatic carbocycles. The number of para-hydroxylation sites is 1. The molecular formula is C17H24ClFN2O4. The van der Waals surface area contributed by atoms with Gasteiger partial charge in [-0.05, 0) is 38.1 Å². The highest BCUT2D eigenvalue weighted by Crippen LogP contribution is 2.17. The van der Waals surface area contributed by atoms with E-state index in [0.717, 1.165) is 0 Å². The lowest BCUT2D eigenvalue weighted by Crippen LogP contribution is -2.44. The molecule has 0 unspecified atom stereocenters. The molecule has 1 fully saturated rings. The van der Waals surface area contributed by atoms with Gasteiger partial charge in [0.2, 0.25) is 5.91 Å². The summed E-state index contributed by atoms with van der Waals surface area (Å²) >= 11 is 0. The molecule has 0 saturated carbocycles. The maximum Gasteiger partial charge on any atom is 0.306 e. The number of carbonyl (C=O) groups excluding carboxylic acids is 1. The molecule has 1 heterocycles. The van der Waals surface area contributed by atoms with Gasteiger partial charge in [0.1, 0.15) is 6.61 Å². The van der Waals surface area contributed by atoms with E-state index in [9.17, 15) is 14.0 Å². The topological polar surface area (TPSA) is 70.1 Å². The van der Waals surface area contributed by atoms with Gasteiger partial charge in [-0.15, -0.1) is 12.4 Å². The Balaban J connectivity index is 0.00000312. The molecule has 25 heavy (non-hydrogen) atoms. The van der Waals surface area contributed by atoms with Crippen molar-refractivity contribution in [1.82, 2.24) is 9.80 Å². The summed E-state index contributed by atoms with van der Waals surface area (Å²) in [6.45, 7) is 2.07. The molecule has 6 nitrogen and oxygen atoms in total. The number of nitrogens with zero attached hydrogens (tertiary/aromatic N) is 2. The van der Waals surface area contributed by atoms with E-state index in [2.05, 4.69) is 0 Å². The molecule has 0 spiro atoms. The maximum absolute atomic E-state index is 13.4. The largest absolute Gasteiger partial charge is 0.489 e. The molecule has 1 saturated heterocycles. The Morgan fingerprint density at radius 2 is 1.96 bits per heavy atom. The van der Waals surface area contributed by atoms with Crippen LogP contribution in [0.4, 0.5) is 4.39 Å². The van der Waals surface area contributed by atoms with Crippen molar-refractivity contribution in [2.24, 2.45) is 5.92 Å². The van der Waals surface area contributed by atoms with E-state index in [1.165, 1.54) is 6.07 Å². The number of amides is 1. The summed E-state index contributed by atoms with van der Waals surface area (Å²) in [6, 6.07) is 6.15. The van der Waals surface area contributed by atoms with E-state index in [-0.39, 0.29) is 43.1 Å². The minimum absolute atomic E-state index is 0. The Bertz CT molecular complexity index is 580. The van der Waals surface area contributed by atoms with Crippen LogP contribution in [0.15, 0.2) is 24.3 Å². The zero-order valence-corrected chi connectivity index (χ0v) is 15.0. The van der Waals surface area contributed by atoms with E-state index in [0.29, 0.717) is 32.5 Å². The summed E-state index contributed by atoms with van der Waals surface area (Å²) in [5, 5.41) is 8.97. The Labute approximate surface area is 153 Å². The summed E-state index contributed by atoms with van der Waals surface area (Å²) in [6.07, 6.45) is 1.14. The van der Waals surface area contributed by atoms with Crippen LogP contribution in [0.1, 0.15) is 12.8 Å². The molecule has 0 aromatic heterocycles. The Kier molecular flexibility index (Phi) is 8.65. The van der Waals surface area contributed by atoms with Gasteiger partial charge in [0.15, 0.2) is 11.6 Å². The van der Waals surface area contributed by atoms with Crippen molar-refractivity contribution in [3.63, 3.8) is 0 Å². The number of benzene rings is 1. The van der Waals surface area contributed by atoms with Crippen LogP contribution in [-0.2, 0) is 9.59 Å². The Hall–Kier alpha value is -1.86. The molecule has 140 valence electrons. The Morgan fingerprint density at radius 1 is 1.32 bits per heavy atom. The second-order valence-electron chi connectivity index (χ2n) is 5.98. The molecule has 1 aromatic rings. The third-order valence-electron chi connectivity index (χ3n) is 4.24. The normalized spacial score (nSPS) is 15.3. The van der Waals surface area contributed by atoms with Gasteiger partial charge in [-0.3, -0.25) is 14.5 Å². The molecule has 1 aliphatic heterocycles. The SMILES string of the molecule is CN(CCOc1ccccc1F)C(=O)CN1CCC(C(=O)O)CC1.Cl. The molecule has 0 atom stereocenters. The zero-order valence-electron chi connectivity index (χ0n) is 14.2. The molecule has 8 heteroatoms. The fourth-order valence-corrected chi connectivity index (χ4v) is 2.63. The van der Waals surface area contributed by atoms with Crippen molar-refractivity contribution in [3.8, 4) is 5.75 Å².